The second-order valence-corrected chi connectivity index (χ2v) is 2.28. The number of rotatable bonds is 2. The first kappa shape index (κ1) is 6.93. The summed E-state index contributed by atoms with van der Waals surface area (Å²) in [7, 11) is 0. The Kier molecular flexibility index (Phi) is 1.81. The van der Waals surface area contributed by atoms with Gasteiger partial charge in [0.1, 0.15) is 0 Å². The third-order valence-electron chi connectivity index (χ3n) is 1.49. The molecule has 10 heavy (non-hydrogen) atoms. The van der Waals surface area contributed by atoms with Crippen molar-refractivity contribution >= 4 is 0 Å². The van der Waals surface area contributed by atoms with E-state index in [1.165, 1.54) is 11.4 Å². The summed E-state index contributed by atoms with van der Waals surface area (Å²) in [6.07, 6.45) is 1.67. The topological polar surface area (TPSA) is 17.0 Å². The van der Waals surface area contributed by atoms with E-state index in [0.29, 0.717) is 0 Å². The zero-order valence-electron chi connectivity index (χ0n) is 6.39. The molecule has 2 heteroatoms. The number of hydrogen-bond acceptors (Lipinski definition) is 1. The van der Waals surface area contributed by atoms with Gasteiger partial charge in [-0.2, -0.15) is 0 Å². The summed E-state index contributed by atoms with van der Waals surface area (Å²) in [5.41, 5.74) is 5.39. The van der Waals surface area contributed by atoms with Gasteiger partial charge in [0.25, 0.3) is 0 Å². The molecule has 0 atom stereocenters. The van der Waals surface area contributed by atoms with E-state index in [1.807, 2.05) is 18.5 Å². The summed E-state index contributed by atoms with van der Waals surface area (Å²) in [4.78, 5) is 0. The van der Waals surface area contributed by atoms with Gasteiger partial charge in [-0.15, -0.1) is 0 Å². The molecule has 1 aromatic rings. The Labute approximate surface area is 61.1 Å². The minimum Gasteiger partial charge on any atom is -0.302 e. The van der Waals surface area contributed by atoms with Crippen molar-refractivity contribution in [1.29, 1.82) is 0 Å². The summed E-state index contributed by atoms with van der Waals surface area (Å²) >= 11 is 0. The number of aromatic nitrogens is 1. The molecule has 0 radical (unpaired) electrons. The fourth-order valence-corrected chi connectivity index (χ4v) is 0.963. The van der Waals surface area contributed by atoms with E-state index in [2.05, 4.69) is 24.1 Å². The van der Waals surface area contributed by atoms with Crippen LogP contribution in [0.1, 0.15) is 11.4 Å². The molecule has 0 bridgehead atoms. The van der Waals surface area contributed by atoms with Gasteiger partial charge >= 0.3 is 0 Å². The van der Waals surface area contributed by atoms with Crippen molar-refractivity contribution in [3.8, 4) is 0 Å². The molecular formula is C8H12N2. The van der Waals surface area contributed by atoms with Gasteiger partial charge in [-0.1, -0.05) is 6.58 Å². The lowest BCUT2D eigenvalue weighted by molar-refractivity contribution is 0.878. The predicted octanol–water partition coefficient (Wildman–Crippen LogP) is 1.79. The van der Waals surface area contributed by atoms with E-state index in [9.17, 15) is 0 Å². The first-order valence-corrected chi connectivity index (χ1v) is 3.28. The molecule has 2 nitrogen and oxygen atoms in total. The average molecular weight is 136 g/mol. The highest BCUT2D eigenvalue weighted by Crippen LogP contribution is 2.03. The molecular weight excluding hydrogens is 124 g/mol. The first-order valence-electron chi connectivity index (χ1n) is 3.28. The van der Waals surface area contributed by atoms with Crippen LogP contribution < -0.4 is 5.43 Å². The highest BCUT2D eigenvalue weighted by Gasteiger charge is 1.95. The quantitative estimate of drug-likeness (QED) is 0.656. The van der Waals surface area contributed by atoms with Crippen LogP contribution in [0.4, 0.5) is 0 Å². The molecule has 54 valence electrons. The second-order valence-electron chi connectivity index (χ2n) is 2.28. The normalized spacial score (nSPS) is 9.40. The summed E-state index contributed by atoms with van der Waals surface area (Å²) in [5, 5.41) is 0. The minimum atomic E-state index is 1.19. The van der Waals surface area contributed by atoms with Crippen LogP contribution in [0.25, 0.3) is 0 Å². The number of nitrogens with zero attached hydrogens (tertiary/aromatic N) is 1. The van der Waals surface area contributed by atoms with Gasteiger partial charge in [0.2, 0.25) is 0 Å². The number of nitrogens with one attached hydrogen (secondary N) is 1. The first-order chi connectivity index (χ1) is 4.75. The smallest absolute Gasteiger partial charge is 0.0370 e. The van der Waals surface area contributed by atoms with E-state index in [-0.39, 0.29) is 0 Å². The molecule has 1 aromatic heterocycles. The van der Waals surface area contributed by atoms with Crippen molar-refractivity contribution in [2.24, 2.45) is 0 Å². The van der Waals surface area contributed by atoms with E-state index in [4.69, 9.17) is 0 Å². The predicted molar refractivity (Wildman–Crippen MR) is 43.5 cm³/mol. The Balaban J connectivity index is 2.97. The van der Waals surface area contributed by atoms with Crippen molar-refractivity contribution in [3.05, 3.63) is 36.3 Å². The fourth-order valence-electron chi connectivity index (χ4n) is 0.963. The lowest BCUT2D eigenvalue weighted by atomic mass is 10.5. The maximum atomic E-state index is 3.59. The van der Waals surface area contributed by atoms with Gasteiger partial charge in [0.15, 0.2) is 0 Å². The molecule has 0 saturated carbocycles. The van der Waals surface area contributed by atoms with Crippen molar-refractivity contribution in [2.75, 3.05) is 5.43 Å². The highest BCUT2D eigenvalue weighted by atomic mass is 15.4. The highest BCUT2D eigenvalue weighted by molar-refractivity contribution is 5.16. The van der Waals surface area contributed by atoms with Crippen molar-refractivity contribution in [2.45, 2.75) is 13.8 Å². The molecule has 0 fully saturated rings. The van der Waals surface area contributed by atoms with Gasteiger partial charge in [-0.3, -0.25) is 4.68 Å². The monoisotopic (exact) mass is 136 g/mol. The van der Waals surface area contributed by atoms with Crippen LogP contribution in [0.2, 0.25) is 0 Å². The van der Waals surface area contributed by atoms with Gasteiger partial charge < -0.3 is 5.43 Å². The zero-order valence-corrected chi connectivity index (χ0v) is 6.39. The van der Waals surface area contributed by atoms with Gasteiger partial charge in [0, 0.05) is 17.6 Å². The van der Waals surface area contributed by atoms with Crippen LogP contribution in [0, 0.1) is 13.8 Å². The van der Waals surface area contributed by atoms with Gasteiger partial charge in [0.05, 0.1) is 0 Å². The van der Waals surface area contributed by atoms with Crippen LogP contribution in [0.3, 0.4) is 0 Å². The molecule has 1 N–H and O–H groups in total. The van der Waals surface area contributed by atoms with Crippen LogP contribution in [-0.2, 0) is 0 Å². The molecule has 0 spiro atoms. The van der Waals surface area contributed by atoms with Crippen molar-refractivity contribution in [1.82, 2.24) is 4.68 Å². The Morgan fingerprint density at radius 3 is 2.30 bits per heavy atom. The Hall–Kier alpha value is -1.18. The lowest BCUT2D eigenvalue weighted by Gasteiger charge is -2.06. The largest absolute Gasteiger partial charge is 0.302 e. The summed E-state index contributed by atoms with van der Waals surface area (Å²) < 4.78 is 1.98. The molecule has 0 aromatic carbocycles. The average Bonchev–Trinajstić information content (AvgIpc) is 2.20. The Morgan fingerprint density at radius 2 is 1.90 bits per heavy atom. The molecule has 1 rings (SSSR count). The van der Waals surface area contributed by atoms with Crippen LogP contribution in [0.15, 0.2) is 24.9 Å². The van der Waals surface area contributed by atoms with E-state index < -0.39 is 0 Å². The second kappa shape index (κ2) is 2.60. The number of aryl methyl sites for hydroxylation is 2. The summed E-state index contributed by atoms with van der Waals surface area (Å²) in [6, 6.07) is 4.12. The fraction of sp³-hybridized carbons (Fsp3) is 0.250. The number of hydrogen-bond donors (Lipinski definition) is 1. The standard InChI is InChI=1S/C8H12N2/c1-4-9-10-7(2)5-6-8(10)3/h4-6,9H,1H2,2-3H3. The van der Waals surface area contributed by atoms with Gasteiger partial charge in [-0.05, 0) is 26.0 Å². The molecule has 0 aliphatic carbocycles. The summed E-state index contributed by atoms with van der Waals surface area (Å²) in [6.45, 7) is 7.68. The Morgan fingerprint density at radius 1 is 1.40 bits per heavy atom. The minimum absolute atomic E-state index is 1.19. The third kappa shape index (κ3) is 1.05. The van der Waals surface area contributed by atoms with Crippen LogP contribution >= 0.6 is 0 Å². The molecule has 1 heterocycles. The van der Waals surface area contributed by atoms with Gasteiger partial charge in [-0.25, -0.2) is 0 Å². The third-order valence-corrected chi connectivity index (χ3v) is 1.49. The van der Waals surface area contributed by atoms with E-state index in [0.717, 1.165) is 0 Å². The SMILES string of the molecule is C=CNn1c(C)ccc1C. The maximum Gasteiger partial charge on any atom is 0.0370 e. The summed E-state index contributed by atoms with van der Waals surface area (Å²) in [5.74, 6) is 0. The molecule has 0 saturated heterocycles. The molecule has 0 unspecified atom stereocenters. The van der Waals surface area contributed by atoms with E-state index in [1.54, 1.807) is 6.20 Å². The van der Waals surface area contributed by atoms with Crippen molar-refractivity contribution in [3.63, 3.8) is 0 Å². The van der Waals surface area contributed by atoms with Crippen LogP contribution in [0.5, 0.6) is 0 Å². The zero-order chi connectivity index (χ0) is 7.56. The van der Waals surface area contributed by atoms with E-state index >= 15 is 0 Å². The lowest BCUT2D eigenvalue weighted by Crippen LogP contribution is -2.10. The van der Waals surface area contributed by atoms with Crippen LogP contribution in [-0.4, -0.2) is 4.68 Å². The maximum absolute atomic E-state index is 3.59. The van der Waals surface area contributed by atoms with Crippen molar-refractivity contribution < 1.29 is 0 Å². The molecule has 0 aliphatic heterocycles. The Bertz CT molecular complexity index is 216. The molecule has 0 amide bonds. The molecule has 0 aliphatic rings.